The Morgan fingerprint density at radius 2 is 1.88 bits per heavy atom. The number of urea groups is 1. The van der Waals surface area contributed by atoms with Crippen molar-refractivity contribution < 1.29 is 14.3 Å². The second kappa shape index (κ2) is 13.5. The third-order valence-electron chi connectivity index (χ3n) is 4.59. The van der Waals surface area contributed by atoms with E-state index in [9.17, 15) is 9.59 Å². The molecule has 0 spiro atoms. The van der Waals surface area contributed by atoms with Gasteiger partial charge in [0.2, 0.25) is 0 Å². The highest BCUT2D eigenvalue weighted by Gasteiger charge is 2.27. The number of likely N-dealkylation sites (tertiary alicyclic amines) is 1. The predicted molar refractivity (Wildman–Crippen MR) is 143 cm³/mol. The molecule has 4 N–H and O–H groups in total. The van der Waals surface area contributed by atoms with Gasteiger partial charge in [0.15, 0.2) is 5.96 Å². The molecule has 2 rings (SSSR count). The van der Waals surface area contributed by atoms with Gasteiger partial charge in [-0.2, -0.15) is 0 Å². The van der Waals surface area contributed by atoms with E-state index in [2.05, 4.69) is 26.2 Å². The molecule has 1 aromatic rings. The van der Waals surface area contributed by atoms with E-state index in [1.54, 1.807) is 0 Å². The number of ether oxygens (including phenoxy) is 1. The van der Waals surface area contributed by atoms with Crippen LogP contribution in [0.25, 0.3) is 0 Å². The number of carbonyl (C=O) groups is 2. The summed E-state index contributed by atoms with van der Waals surface area (Å²) in [5.74, 6) is 0.819. The molecular weight excluding hydrogens is 535 g/mol. The quantitative estimate of drug-likeness (QED) is 0.234. The van der Waals surface area contributed by atoms with Gasteiger partial charge < -0.3 is 30.9 Å². The summed E-state index contributed by atoms with van der Waals surface area (Å²) < 4.78 is 5.36. The summed E-state index contributed by atoms with van der Waals surface area (Å²) in [7, 11) is 0. The van der Waals surface area contributed by atoms with Crippen LogP contribution in [0.5, 0.6) is 0 Å². The summed E-state index contributed by atoms with van der Waals surface area (Å²) in [6, 6.07) is 7.53. The number of hydrogen-bond donors (Lipinski definition) is 4. The predicted octanol–water partition coefficient (Wildman–Crippen LogP) is 3.90. The SMILES string of the molecule is CCNC(=NCc1ccc(NC(=O)NC(C)C)cc1)N1CCC(NC(=O)OC(C)(C)C)C1.I. The fourth-order valence-corrected chi connectivity index (χ4v) is 3.26. The average molecular weight is 575 g/mol. The highest BCUT2D eigenvalue weighted by Crippen LogP contribution is 2.14. The van der Waals surface area contributed by atoms with Crippen LogP contribution in [0.15, 0.2) is 29.3 Å². The third kappa shape index (κ3) is 11.0. The molecular formula is C23H39IN6O3. The maximum Gasteiger partial charge on any atom is 0.407 e. The number of rotatable bonds is 6. The van der Waals surface area contributed by atoms with Gasteiger partial charge in [-0.25, -0.2) is 14.6 Å². The fourth-order valence-electron chi connectivity index (χ4n) is 3.26. The molecule has 1 atom stereocenters. The number of nitrogens with one attached hydrogen (secondary N) is 4. The van der Waals surface area contributed by atoms with Crippen LogP contribution < -0.4 is 21.3 Å². The first kappa shape index (κ1) is 28.8. The van der Waals surface area contributed by atoms with E-state index in [1.807, 2.05) is 65.8 Å². The van der Waals surface area contributed by atoms with Crippen LogP contribution in [0.3, 0.4) is 0 Å². The summed E-state index contributed by atoms with van der Waals surface area (Å²) in [4.78, 5) is 30.8. The zero-order valence-corrected chi connectivity index (χ0v) is 22.9. The minimum Gasteiger partial charge on any atom is -0.444 e. The molecule has 1 aliphatic rings. The number of aliphatic imine (C=N–C) groups is 1. The molecule has 3 amide bonds. The van der Waals surface area contributed by atoms with Gasteiger partial charge in [-0.05, 0) is 65.7 Å². The van der Waals surface area contributed by atoms with Crippen molar-refractivity contribution in [3.63, 3.8) is 0 Å². The zero-order valence-electron chi connectivity index (χ0n) is 20.5. The topological polar surface area (TPSA) is 107 Å². The summed E-state index contributed by atoms with van der Waals surface area (Å²) in [6.45, 7) is 14.2. The third-order valence-corrected chi connectivity index (χ3v) is 4.59. The lowest BCUT2D eigenvalue weighted by atomic mass is 10.2. The minimum atomic E-state index is -0.512. The number of hydrogen-bond acceptors (Lipinski definition) is 4. The number of guanidine groups is 1. The lowest BCUT2D eigenvalue weighted by molar-refractivity contribution is 0.0507. The van der Waals surface area contributed by atoms with E-state index < -0.39 is 5.60 Å². The Bertz CT molecular complexity index is 792. The van der Waals surface area contributed by atoms with Gasteiger partial charge in [0.1, 0.15) is 5.60 Å². The second-order valence-corrected chi connectivity index (χ2v) is 9.20. The van der Waals surface area contributed by atoms with Crippen molar-refractivity contribution in [3.05, 3.63) is 29.8 Å². The molecule has 0 aromatic heterocycles. The van der Waals surface area contributed by atoms with Crippen LogP contribution in [0, 0.1) is 0 Å². The fraction of sp³-hybridized carbons (Fsp3) is 0.609. The number of anilines is 1. The zero-order chi connectivity index (χ0) is 23.7. The molecule has 1 unspecified atom stereocenters. The molecule has 1 heterocycles. The summed E-state index contributed by atoms with van der Waals surface area (Å²) in [5.41, 5.74) is 1.26. The van der Waals surface area contributed by atoms with Crippen LogP contribution in [-0.2, 0) is 11.3 Å². The molecule has 1 saturated heterocycles. The minimum absolute atomic E-state index is 0. The molecule has 9 nitrogen and oxygen atoms in total. The molecule has 10 heteroatoms. The van der Waals surface area contributed by atoms with E-state index in [0.29, 0.717) is 13.1 Å². The first-order chi connectivity index (χ1) is 15.1. The second-order valence-electron chi connectivity index (χ2n) is 9.20. The Kier molecular flexibility index (Phi) is 11.7. The van der Waals surface area contributed by atoms with Gasteiger partial charge in [0.05, 0.1) is 12.6 Å². The molecule has 0 radical (unpaired) electrons. The lowest BCUT2D eigenvalue weighted by Crippen LogP contribution is -2.44. The molecule has 1 aliphatic heterocycles. The molecule has 0 bridgehead atoms. The number of carbonyl (C=O) groups excluding carboxylic acids is 2. The summed E-state index contributed by atoms with van der Waals surface area (Å²) in [5, 5.41) is 11.9. The van der Waals surface area contributed by atoms with Crippen molar-refractivity contribution in [2.75, 3.05) is 25.0 Å². The van der Waals surface area contributed by atoms with Crippen molar-refractivity contribution in [2.24, 2.45) is 4.99 Å². The lowest BCUT2D eigenvalue weighted by Gasteiger charge is -2.23. The van der Waals surface area contributed by atoms with Crippen molar-refractivity contribution >= 4 is 47.7 Å². The highest BCUT2D eigenvalue weighted by atomic mass is 127. The molecule has 33 heavy (non-hydrogen) atoms. The van der Waals surface area contributed by atoms with Crippen molar-refractivity contribution in [3.8, 4) is 0 Å². The van der Waals surface area contributed by atoms with Crippen LogP contribution in [0.1, 0.15) is 53.5 Å². The van der Waals surface area contributed by atoms with Gasteiger partial charge >= 0.3 is 12.1 Å². The summed E-state index contributed by atoms with van der Waals surface area (Å²) >= 11 is 0. The number of benzene rings is 1. The Labute approximate surface area is 214 Å². The standard InChI is InChI=1S/C23H38N6O3.HI/c1-7-24-20(29-13-12-19(15-29)28-22(31)32-23(4,5)6)25-14-17-8-10-18(11-9-17)27-21(30)26-16(2)3;/h8-11,16,19H,7,12-15H2,1-6H3,(H,24,25)(H,28,31)(H2,26,27,30);1H. The van der Waals surface area contributed by atoms with E-state index in [-0.39, 0.29) is 48.2 Å². The van der Waals surface area contributed by atoms with Crippen molar-refractivity contribution in [1.82, 2.24) is 20.9 Å². The molecule has 1 fully saturated rings. The first-order valence-corrected chi connectivity index (χ1v) is 11.2. The Morgan fingerprint density at radius 1 is 1.21 bits per heavy atom. The normalized spacial score (nSPS) is 16.2. The smallest absolute Gasteiger partial charge is 0.407 e. The van der Waals surface area contributed by atoms with Crippen molar-refractivity contribution in [2.45, 2.75) is 72.2 Å². The summed E-state index contributed by atoms with van der Waals surface area (Å²) in [6.07, 6.45) is 0.449. The number of alkyl carbamates (subject to hydrolysis) is 1. The van der Waals surface area contributed by atoms with Gasteiger partial charge in [0.25, 0.3) is 0 Å². The van der Waals surface area contributed by atoms with Crippen LogP contribution in [0.4, 0.5) is 15.3 Å². The van der Waals surface area contributed by atoms with E-state index in [4.69, 9.17) is 9.73 Å². The Morgan fingerprint density at radius 3 is 2.45 bits per heavy atom. The van der Waals surface area contributed by atoms with Gasteiger partial charge in [-0.1, -0.05) is 12.1 Å². The Balaban J connectivity index is 0.00000544. The number of halogens is 1. The van der Waals surface area contributed by atoms with Gasteiger partial charge in [0, 0.05) is 31.4 Å². The van der Waals surface area contributed by atoms with E-state index in [1.165, 1.54) is 0 Å². The van der Waals surface area contributed by atoms with E-state index in [0.717, 1.165) is 36.7 Å². The molecule has 186 valence electrons. The van der Waals surface area contributed by atoms with Crippen LogP contribution >= 0.6 is 24.0 Å². The van der Waals surface area contributed by atoms with E-state index >= 15 is 0 Å². The highest BCUT2D eigenvalue weighted by molar-refractivity contribution is 14.0. The maximum atomic E-state index is 12.0. The molecule has 0 saturated carbocycles. The molecule has 1 aromatic carbocycles. The maximum absolute atomic E-state index is 12.0. The Hall–Kier alpha value is -2.24. The largest absolute Gasteiger partial charge is 0.444 e. The average Bonchev–Trinajstić information content (AvgIpc) is 3.12. The van der Waals surface area contributed by atoms with Gasteiger partial charge in [-0.3, -0.25) is 0 Å². The van der Waals surface area contributed by atoms with Crippen LogP contribution in [-0.4, -0.2) is 60.3 Å². The number of amides is 3. The monoisotopic (exact) mass is 574 g/mol. The number of nitrogens with zero attached hydrogens (tertiary/aromatic N) is 2. The van der Waals surface area contributed by atoms with Crippen LogP contribution in [0.2, 0.25) is 0 Å². The first-order valence-electron chi connectivity index (χ1n) is 11.2. The van der Waals surface area contributed by atoms with Crippen molar-refractivity contribution in [1.29, 1.82) is 0 Å². The van der Waals surface area contributed by atoms with Gasteiger partial charge in [-0.15, -0.1) is 24.0 Å². The molecule has 0 aliphatic carbocycles.